The summed E-state index contributed by atoms with van der Waals surface area (Å²) >= 11 is 0. The predicted molar refractivity (Wildman–Crippen MR) is 98.1 cm³/mol. The molecule has 0 saturated heterocycles. The van der Waals surface area contributed by atoms with Crippen molar-refractivity contribution < 1.29 is 4.74 Å². The second-order valence-electron chi connectivity index (χ2n) is 5.87. The molecule has 0 aliphatic rings. The maximum atomic E-state index is 5.81. The molecule has 0 aliphatic heterocycles. The number of benzene rings is 2. The van der Waals surface area contributed by atoms with Gasteiger partial charge in [0, 0.05) is 5.39 Å². The van der Waals surface area contributed by atoms with Gasteiger partial charge in [-0.15, -0.1) is 0 Å². The van der Waals surface area contributed by atoms with Gasteiger partial charge in [0.05, 0.1) is 17.8 Å². The number of hydrogen-bond donors (Lipinski definition) is 1. The highest BCUT2D eigenvalue weighted by Crippen LogP contribution is 2.18. The highest BCUT2D eigenvalue weighted by atomic mass is 16.5. The van der Waals surface area contributed by atoms with Crippen LogP contribution in [0.1, 0.15) is 31.4 Å². The molecule has 3 aromatic rings. The van der Waals surface area contributed by atoms with Crippen LogP contribution in [0.5, 0.6) is 5.75 Å². The summed E-state index contributed by atoms with van der Waals surface area (Å²) in [6.07, 6.45) is 5.43. The second-order valence-corrected chi connectivity index (χ2v) is 5.87. The number of para-hydroxylation sites is 2. The lowest BCUT2D eigenvalue weighted by atomic mass is 10.1. The molecule has 4 heteroatoms. The fourth-order valence-electron chi connectivity index (χ4n) is 2.81. The van der Waals surface area contributed by atoms with E-state index in [0.717, 1.165) is 61.1 Å². The Morgan fingerprint density at radius 1 is 0.792 bits per heavy atom. The van der Waals surface area contributed by atoms with Crippen molar-refractivity contribution in [2.24, 2.45) is 0 Å². The highest BCUT2D eigenvalue weighted by Gasteiger charge is 2.05. The Morgan fingerprint density at radius 3 is 2.42 bits per heavy atom. The van der Waals surface area contributed by atoms with E-state index in [1.54, 1.807) is 0 Å². The minimum atomic E-state index is 0.361. The first kappa shape index (κ1) is 16.2. The van der Waals surface area contributed by atoms with Crippen molar-refractivity contribution in [1.82, 2.24) is 9.97 Å². The van der Waals surface area contributed by atoms with Gasteiger partial charge in [-0.05, 0) is 37.5 Å². The molecule has 0 bridgehead atoms. The summed E-state index contributed by atoms with van der Waals surface area (Å²) in [5, 5.41) is 1.11. The molecule has 0 fully saturated rings. The minimum absolute atomic E-state index is 0.361. The number of ether oxygens (including phenoxy) is 1. The van der Waals surface area contributed by atoms with Gasteiger partial charge in [-0.25, -0.2) is 9.97 Å². The van der Waals surface area contributed by atoms with E-state index in [1.807, 2.05) is 48.5 Å². The molecule has 4 nitrogen and oxygen atoms in total. The van der Waals surface area contributed by atoms with E-state index in [4.69, 9.17) is 10.5 Å². The Labute approximate surface area is 142 Å². The summed E-state index contributed by atoms with van der Waals surface area (Å²) in [6.45, 7) is 0.771. The zero-order valence-electron chi connectivity index (χ0n) is 13.8. The lowest BCUT2D eigenvalue weighted by Crippen LogP contribution is -2.01. The summed E-state index contributed by atoms with van der Waals surface area (Å²) in [4.78, 5) is 8.70. The van der Waals surface area contributed by atoms with Crippen molar-refractivity contribution in [1.29, 1.82) is 0 Å². The quantitative estimate of drug-likeness (QED) is 0.625. The van der Waals surface area contributed by atoms with Crippen LogP contribution in [0.4, 0.5) is 5.95 Å². The van der Waals surface area contributed by atoms with Crippen LogP contribution in [-0.2, 0) is 6.42 Å². The first-order valence-electron chi connectivity index (χ1n) is 8.52. The van der Waals surface area contributed by atoms with Crippen molar-refractivity contribution in [2.45, 2.75) is 32.1 Å². The van der Waals surface area contributed by atoms with Crippen LogP contribution in [0.3, 0.4) is 0 Å². The number of aromatic nitrogens is 2. The molecule has 0 saturated carbocycles. The van der Waals surface area contributed by atoms with Crippen molar-refractivity contribution in [3.63, 3.8) is 0 Å². The van der Waals surface area contributed by atoms with Crippen LogP contribution in [-0.4, -0.2) is 16.6 Å². The van der Waals surface area contributed by atoms with E-state index in [-0.39, 0.29) is 0 Å². The average Bonchev–Trinajstić information content (AvgIpc) is 2.61. The summed E-state index contributed by atoms with van der Waals surface area (Å²) in [7, 11) is 0. The molecule has 0 unspecified atom stereocenters. The molecule has 0 spiro atoms. The number of aryl methyl sites for hydroxylation is 1. The summed E-state index contributed by atoms with van der Waals surface area (Å²) in [6, 6.07) is 18.0. The van der Waals surface area contributed by atoms with Crippen molar-refractivity contribution in [2.75, 3.05) is 12.3 Å². The monoisotopic (exact) mass is 321 g/mol. The predicted octanol–water partition coefficient (Wildman–Crippen LogP) is 4.39. The number of rotatable bonds is 8. The zero-order valence-corrected chi connectivity index (χ0v) is 13.8. The van der Waals surface area contributed by atoms with Crippen LogP contribution < -0.4 is 10.5 Å². The molecule has 3 rings (SSSR count). The van der Waals surface area contributed by atoms with Crippen LogP contribution >= 0.6 is 0 Å². The Bertz CT molecular complexity index is 774. The van der Waals surface area contributed by atoms with Crippen molar-refractivity contribution in [3.8, 4) is 5.75 Å². The first-order chi connectivity index (χ1) is 11.8. The van der Waals surface area contributed by atoms with Crippen LogP contribution in [0.2, 0.25) is 0 Å². The SMILES string of the molecule is Nc1nc(CCCCCCOc2ccccc2)c2ccccc2n1. The lowest BCUT2D eigenvalue weighted by Gasteiger charge is -2.07. The summed E-state index contributed by atoms with van der Waals surface area (Å²) in [5.41, 5.74) is 7.79. The molecule has 2 N–H and O–H groups in total. The molecule has 24 heavy (non-hydrogen) atoms. The molecule has 0 amide bonds. The fourth-order valence-corrected chi connectivity index (χ4v) is 2.81. The van der Waals surface area contributed by atoms with Gasteiger partial charge >= 0.3 is 0 Å². The van der Waals surface area contributed by atoms with Gasteiger partial charge in [-0.3, -0.25) is 0 Å². The molecule has 2 aromatic carbocycles. The van der Waals surface area contributed by atoms with Gasteiger partial charge in [-0.2, -0.15) is 0 Å². The molecule has 1 heterocycles. The number of nitrogens with two attached hydrogens (primary N) is 1. The summed E-state index contributed by atoms with van der Waals surface area (Å²) < 4.78 is 5.71. The van der Waals surface area contributed by atoms with Gasteiger partial charge in [-0.1, -0.05) is 49.2 Å². The smallest absolute Gasteiger partial charge is 0.220 e. The average molecular weight is 321 g/mol. The van der Waals surface area contributed by atoms with Gasteiger partial charge in [0.2, 0.25) is 5.95 Å². The van der Waals surface area contributed by atoms with Crippen LogP contribution in [0.15, 0.2) is 54.6 Å². The van der Waals surface area contributed by atoms with Gasteiger partial charge in [0.1, 0.15) is 5.75 Å². The van der Waals surface area contributed by atoms with E-state index < -0.39 is 0 Å². The maximum Gasteiger partial charge on any atom is 0.220 e. The largest absolute Gasteiger partial charge is 0.494 e. The third-order valence-corrected chi connectivity index (χ3v) is 4.02. The number of fused-ring (bicyclic) bond motifs is 1. The van der Waals surface area contributed by atoms with Gasteiger partial charge < -0.3 is 10.5 Å². The van der Waals surface area contributed by atoms with Crippen molar-refractivity contribution in [3.05, 3.63) is 60.3 Å². The number of nitrogen functional groups attached to an aromatic ring is 1. The highest BCUT2D eigenvalue weighted by molar-refractivity contribution is 5.81. The number of unbranched alkanes of at least 4 members (excludes halogenated alkanes) is 3. The second kappa shape index (κ2) is 8.29. The lowest BCUT2D eigenvalue weighted by molar-refractivity contribution is 0.304. The van der Waals surface area contributed by atoms with Gasteiger partial charge in [0.25, 0.3) is 0 Å². The fraction of sp³-hybridized carbons (Fsp3) is 0.300. The van der Waals surface area contributed by atoms with E-state index >= 15 is 0 Å². The number of hydrogen-bond acceptors (Lipinski definition) is 4. The molecular weight excluding hydrogens is 298 g/mol. The van der Waals surface area contributed by atoms with E-state index in [9.17, 15) is 0 Å². The molecular formula is C20H23N3O. The van der Waals surface area contributed by atoms with Crippen LogP contribution in [0.25, 0.3) is 10.9 Å². The third-order valence-electron chi connectivity index (χ3n) is 4.02. The summed E-state index contributed by atoms with van der Waals surface area (Å²) in [5.74, 6) is 1.31. The molecule has 1 aromatic heterocycles. The number of anilines is 1. The third kappa shape index (κ3) is 4.44. The molecule has 124 valence electrons. The Kier molecular flexibility index (Phi) is 5.61. The van der Waals surface area contributed by atoms with E-state index in [0.29, 0.717) is 5.95 Å². The Morgan fingerprint density at radius 2 is 1.54 bits per heavy atom. The molecule has 0 atom stereocenters. The zero-order chi connectivity index (χ0) is 16.6. The number of nitrogens with zero attached hydrogens (tertiary/aromatic N) is 2. The standard InChI is InChI=1S/C20H23N3O/c21-20-22-18(17-12-7-8-14-19(17)23-20)13-6-1-2-9-15-24-16-10-4-3-5-11-16/h3-5,7-8,10-12,14H,1-2,6,9,13,15H2,(H2,21,22,23). The van der Waals surface area contributed by atoms with E-state index in [1.165, 1.54) is 0 Å². The molecule has 0 radical (unpaired) electrons. The minimum Gasteiger partial charge on any atom is -0.494 e. The van der Waals surface area contributed by atoms with E-state index in [2.05, 4.69) is 16.0 Å². The Balaban J connectivity index is 1.41. The molecule has 0 aliphatic carbocycles. The topological polar surface area (TPSA) is 61.0 Å². The van der Waals surface area contributed by atoms with Crippen LogP contribution in [0, 0.1) is 0 Å². The first-order valence-corrected chi connectivity index (χ1v) is 8.52. The van der Waals surface area contributed by atoms with Crippen molar-refractivity contribution >= 4 is 16.9 Å². The Hall–Kier alpha value is -2.62. The van der Waals surface area contributed by atoms with Gasteiger partial charge in [0.15, 0.2) is 0 Å². The normalized spacial score (nSPS) is 10.8. The maximum absolute atomic E-state index is 5.81.